The van der Waals surface area contributed by atoms with Crippen LogP contribution in [0.25, 0.3) is 0 Å². The van der Waals surface area contributed by atoms with Gasteiger partial charge in [-0.05, 0) is 73.5 Å². The van der Waals surface area contributed by atoms with Crippen LogP contribution in [0.3, 0.4) is 0 Å². The minimum Gasteiger partial charge on any atom is -0.435 e. The monoisotopic (exact) mass is 501 g/mol. The molecule has 0 saturated carbocycles. The van der Waals surface area contributed by atoms with E-state index in [9.17, 15) is 22.0 Å². The third-order valence-corrected chi connectivity index (χ3v) is 6.99. The summed E-state index contributed by atoms with van der Waals surface area (Å²) >= 11 is 0. The predicted molar refractivity (Wildman–Crippen MR) is 129 cm³/mol. The Morgan fingerprint density at radius 3 is 2.11 bits per heavy atom. The Kier molecular flexibility index (Phi) is 8.31. The van der Waals surface area contributed by atoms with Crippen molar-refractivity contribution in [2.24, 2.45) is 5.10 Å². The molecule has 0 spiro atoms. The SMILES string of the molecule is C/C(=N/NC(=O)c1ccc(CN(C)S(=O)(=O)c2ccc(C)cc2)cc1)c1ccc(OC(F)F)cc1. The number of hydrogen-bond donors (Lipinski definition) is 1. The number of ether oxygens (including phenoxy) is 1. The zero-order valence-corrected chi connectivity index (χ0v) is 20.2. The molecule has 0 aliphatic heterocycles. The van der Waals surface area contributed by atoms with Crippen LogP contribution in [-0.4, -0.2) is 38.0 Å². The molecule has 184 valence electrons. The van der Waals surface area contributed by atoms with Crippen molar-refractivity contribution in [2.45, 2.75) is 31.9 Å². The summed E-state index contributed by atoms with van der Waals surface area (Å²) in [4.78, 5) is 12.6. The Morgan fingerprint density at radius 1 is 0.971 bits per heavy atom. The maximum atomic E-state index is 12.8. The van der Waals surface area contributed by atoms with Crippen LogP contribution in [0.5, 0.6) is 5.75 Å². The number of benzene rings is 3. The second-order valence-electron chi connectivity index (χ2n) is 7.81. The standard InChI is InChI=1S/C25H25F2N3O4S/c1-17-4-14-23(15-5-17)35(32,33)30(3)16-19-6-8-21(9-7-19)24(31)29-28-18(2)20-10-12-22(13-11-20)34-25(26)27/h4-15,25H,16H2,1-3H3,(H,29,31)/b28-18-. The van der Waals surface area contributed by atoms with Gasteiger partial charge in [-0.3, -0.25) is 4.79 Å². The molecule has 0 atom stereocenters. The van der Waals surface area contributed by atoms with Crippen molar-refractivity contribution < 1.29 is 26.7 Å². The van der Waals surface area contributed by atoms with Crippen molar-refractivity contribution in [3.8, 4) is 5.75 Å². The number of carbonyl (C=O) groups excluding carboxylic acids is 1. The number of rotatable bonds is 9. The van der Waals surface area contributed by atoms with Crippen molar-refractivity contribution in [3.05, 3.63) is 95.1 Å². The third kappa shape index (κ3) is 6.93. The largest absolute Gasteiger partial charge is 0.435 e. The summed E-state index contributed by atoms with van der Waals surface area (Å²) in [5.41, 5.74) is 5.57. The van der Waals surface area contributed by atoms with Gasteiger partial charge in [0.15, 0.2) is 0 Å². The van der Waals surface area contributed by atoms with Gasteiger partial charge in [0.05, 0.1) is 10.6 Å². The molecule has 0 heterocycles. The topological polar surface area (TPSA) is 88.1 Å². The fraction of sp³-hybridized carbons (Fsp3) is 0.200. The van der Waals surface area contributed by atoms with Gasteiger partial charge in [-0.2, -0.15) is 18.2 Å². The maximum absolute atomic E-state index is 12.8. The fourth-order valence-electron chi connectivity index (χ4n) is 3.14. The smallest absolute Gasteiger partial charge is 0.387 e. The van der Waals surface area contributed by atoms with Crippen LogP contribution in [0.15, 0.2) is 82.8 Å². The molecule has 0 aromatic heterocycles. The van der Waals surface area contributed by atoms with E-state index >= 15 is 0 Å². The molecule has 0 bridgehead atoms. The molecule has 0 saturated heterocycles. The highest BCUT2D eigenvalue weighted by molar-refractivity contribution is 7.89. The molecule has 7 nitrogen and oxygen atoms in total. The van der Waals surface area contributed by atoms with Gasteiger partial charge in [-0.15, -0.1) is 0 Å². The zero-order valence-electron chi connectivity index (χ0n) is 19.4. The number of sulfonamides is 1. The predicted octanol–water partition coefficient (Wildman–Crippen LogP) is 4.57. The Labute approximate surface area is 203 Å². The molecule has 3 aromatic rings. The maximum Gasteiger partial charge on any atom is 0.387 e. The van der Waals surface area contributed by atoms with Crippen molar-refractivity contribution in [2.75, 3.05) is 7.05 Å². The van der Waals surface area contributed by atoms with Crippen molar-refractivity contribution >= 4 is 21.6 Å². The van der Waals surface area contributed by atoms with E-state index in [0.717, 1.165) is 5.56 Å². The first-order chi connectivity index (χ1) is 16.6. The summed E-state index contributed by atoms with van der Waals surface area (Å²) in [5, 5.41) is 4.04. The van der Waals surface area contributed by atoms with E-state index in [2.05, 4.69) is 15.3 Å². The quantitative estimate of drug-likeness (QED) is 0.344. The van der Waals surface area contributed by atoms with Crippen molar-refractivity contribution in [3.63, 3.8) is 0 Å². The first kappa shape index (κ1) is 26.0. The summed E-state index contributed by atoms with van der Waals surface area (Å²) in [6.45, 7) is 0.784. The lowest BCUT2D eigenvalue weighted by molar-refractivity contribution is -0.0498. The van der Waals surface area contributed by atoms with Crippen LogP contribution < -0.4 is 10.2 Å². The van der Waals surface area contributed by atoms with Crippen LogP contribution in [-0.2, 0) is 16.6 Å². The van der Waals surface area contributed by atoms with Gasteiger partial charge in [0.2, 0.25) is 10.0 Å². The number of hydrazone groups is 1. The molecule has 3 aromatic carbocycles. The third-order valence-electron chi connectivity index (χ3n) is 5.17. The summed E-state index contributed by atoms with van der Waals surface area (Å²) in [6, 6.07) is 19.0. The molecule has 1 amide bonds. The number of halogens is 2. The normalized spacial score (nSPS) is 12.1. The van der Waals surface area contributed by atoms with Gasteiger partial charge < -0.3 is 4.74 Å². The van der Waals surface area contributed by atoms with Gasteiger partial charge in [-0.25, -0.2) is 13.8 Å². The highest BCUT2D eigenvalue weighted by Gasteiger charge is 2.20. The number of nitrogens with one attached hydrogen (secondary N) is 1. The summed E-state index contributed by atoms with van der Waals surface area (Å²) in [5.74, 6) is -0.424. The average Bonchev–Trinajstić information content (AvgIpc) is 2.83. The Balaban J connectivity index is 1.60. The van der Waals surface area contributed by atoms with Crippen LogP contribution in [0.1, 0.15) is 34.0 Å². The van der Waals surface area contributed by atoms with Crippen molar-refractivity contribution in [1.82, 2.24) is 9.73 Å². The minimum absolute atomic E-state index is 0.0259. The number of carbonyl (C=O) groups is 1. The molecule has 3 rings (SSSR count). The molecule has 10 heteroatoms. The minimum atomic E-state index is -3.64. The summed E-state index contributed by atoms with van der Waals surface area (Å²) in [6.07, 6.45) is 0. The van der Waals surface area contributed by atoms with E-state index in [1.165, 1.54) is 23.5 Å². The number of alkyl halides is 2. The highest BCUT2D eigenvalue weighted by Crippen LogP contribution is 2.18. The fourth-order valence-corrected chi connectivity index (χ4v) is 4.29. The number of nitrogens with zero attached hydrogens (tertiary/aromatic N) is 2. The van der Waals surface area contributed by atoms with E-state index in [-0.39, 0.29) is 17.2 Å². The molecule has 0 fully saturated rings. The number of hydrogen-bond acceptors (Lipinski definition) is 5. The first-order valence-corrected chi connectivity index (χ1v) is 12.0. The van der Waals surface area contributed by atoms with Gasteiger partial charge in [0.25, 0.3) is 5.91 Å². The lowest BCUT2D eigenvalue weighted by Gasteiger charge is -2.17. The van der Waals surface area contributed by atoms with Crippen LogP contribution in [0.4, 0.5) is 8.78 Å². The Hall–Kier alpha value is -3.63. The summed E-state index contributed by atoms with van der Waals surface area (Å²) < 4.78 is 55.6. The van der Waals surface area contributed by atoms with Gasteiger partial charge in [-0.1, -0.05) is 29.8 Å². The molecule has 0 unspecified atom stereocenters. The van der Waals surface area contributed by atoms with Crippen molar-refractivity contribution in [1.29, 1.82) is 0 Å². The average molecular weight is 502 g/mol. The van der Waals surface area contributed by atoms with Crippen LogP contribution >= 0.6 is 0 Å². The second-order valence-corrected chi connectivity index (χ2v) is 9.86. The molecule has 0 aliphatic rings. The summed E-state index contributed by atoms with van der Waals surface area (Å²) in [7, 11) is -2.14. The van der Waals surface area contributed by atoms with Gasteiger partial charge in [0.1, 0.15) is 5.75 Å². The van der Waals surface area contributed by atoms with E-state index < -0.39 is 22.5 Å². The molecule has 0 radical (unpaired) electrons. The molecular weight excluding hydrogens is 476 g/mol. The molecule has 0 aliphatic carbocycles. The lowest BCUT2D eigenvalue weighted by atomic mass is 10.1. The highest BCUT2D eigenvalue weighted by atomic mass is 32.2. The lowest BCUT2D eigenvalue weighted by Crippen LogP contribution is -2.26. The number of amides is 1. The Morgan fingerprint density at radius 2 is 1.54 bits per heavy atom. The van der Waals surface area contributed by atoms with E-state index in [1.807, 2.05) is 6.92 Å². The Bertz CT molecular complexity index is 1290. The van der Waals surface area contributed by atoms with E-state index in [1.54, 1.807) is 67.6 Å². The molecular formula is C25H25F2N3O4S. The van der Waals surface area contributed by atoms with E-state index in [0.29, 0.717) is 22.4 Å². The first-order valence-electron chi connectivity index (χ1n) is 10.6. The molecule has 35 heavy (non-hydrogen) atoms. The van der Waals surface area contributed by atoms with Gasteiger partial charge >= 0.3 is 6.61 Å². The zero-order chi connectivity index (χ0) is 25.6. The van der Waals surface area contributed by atoms with Crippen LogP contribution in [0.2, 0.25) is 0 Å². The number of aryl methyl sites for hydroxylation is 1. The molecule has 1 N–H and O–H groups in total. The van der Waals surface area contributed by atoms with E-state index in [4.69, 9.17) is 0 Å². The van der Waals surface area contributed by atoms with Crippen LogP contribution in [0, 0.1) is 6.92 Å². The second kappa shape index (κ2) is 11.2. The van der Waals surface area contributed by atoms with Gasteiger partial charge in [0, 0.05) is 19.2 Å².